The van der Waals surface area contributed by atoms with E-state index in [0.717, 1.165) is 11.3 Å². The summed E-state index contributed by atoms with van der Waals surface area (Å²) in [6.45, 7) is 3.18. The molecule has 1 saturated heterocycles. The van der Waals surface area contributed by atoms with Crippen LogP contribution in [0.3, 0.4) is 0 Å². The van der Waals surface area contributed by atoms with Gasteiger partial charge in [0.15, 0.2) is 9.84 Å². The molecule has 6 nitrogen and oxygen atoms in total. The highest BCUT2D eigenvalue weighted by molar-refractivity contribution is 7.91. The molecule has 1 aliphatic rings. The summed E-state index contributed by atoms with van der Waals surface area (Å²) in [6, 6.07) is 7.08. The normalized spacial score (nSPS) is 19.7. The molecule has 1 fully saturated rings. The summed E-state index contributed by atoms with van der Waals surface area (Å²) in [4.78, 5) is 16.2. The number of nitrogens with one attached hydrogen (secondary N) is 1. The minimum absolute atomic E-state index is 0.0573. The van der Waals surface area contributed by atoms with Gasteiger partial charge in [-0.3, -0.25) is 0 Å². The van der Waals surface area contributed by atoms with Gasteiger partial charge in [0.2, 0.25) is 0 Å². The van der Waals surface area contributed by atoms with Crippen LogP contribution < -0.4 is 5.32 Å². The van der Waals surface area contributed by atoms with E-state index in [0.29, 0.717) is 19.5 Å². The summed E-state index contributed by atoms with van der Waals surface area (Å²) < 4.78 is 23.5. The minimum atomic E-state index is -3.03. The molecule has 2 amide bonds. The Morgan fingerprint density at radius 1 is 1.22 bits per heavy atom. The van der Waals surface area contributed by atoms with Gasteiger partial charge in [-0.2, -0.15) is 0 Å². The third kappa shape index (κ3) is 5.21. The molecule has 0 radical (unpaired) electrons. The van der Waals surface area contributed by atoms with Gasteiger partial charge in [-0.15, -0.1) is 0 Å². The van der Waals surface area contributed by atoms with Crippen LogP contribution >= 0.6 is 0 Å². The first-order chi connectivity index (χ1) is 10.8. The number of benzene rings is 1. The molecule has 1 aliphatic heterocycles. The van der Waals surface area contributed by atoms with E-state index in [1.54, 1.807) is 4.90 Å². The molecule has 0 spiro atoms. The molecule has 0 bridgehead atoms. The van der Waals surface area contributed by atoms with Crippen LogP contribution in [0.15, 0.2) is 24.3 Å². The van der Waals surface area contributed by atoms with Crippen molar-refractivity contribution in [2.45, 2.75) is 19.4 Å². The molecule has 2 rings (SSSR count). The van der Waals surface area contributed by atoms with Gasteiger partial charge in [-0.05, 0) is 39.6 Å². The average molecular weight is 339 g/mol. The lowest BCUT2D eigenvalue weighted by atomic mass is 10.2. The molecule has 23 heavy (non-hydrogen) atoms. The fraction of sp³-hybridized carbons (Fsp3) is 0.562. The molecular formula is C16H25N3O3S. The van der Waals surface area contributed by atoms with E-state index in [1.165, 1.54) is 0 Å². The van der Waals surface area contributed by atoms with Gasteiger partial charge in [-0.1, -0.05) is 17.7 Å². The smallest absolute Gasteiger partial charge is 0.319 e. The van der Waals surface area contributed by atoms with Crippen molar-refractivity contribution < 1.29 is 13.2 Å². The first kappa shape index (κ1) is 17.7. The van der Waals surface area contributed by atoms with Crippen molar-refractivity contribution in [2.75, 3.05) is 44.0 Å². The van der Waals surface area contributed by atoms with Crippen molar-refractivity contribution in [1.82, 2.24) is 9.80 Å². The Bertz CT molecular complexity index is 641. The molecule has 0 saturated carbocycles. The summed E-state index contributed by atoms with van der Waals surface area (Å²) in [6.07, 6.45) is 0.511. The molecule has 7 heteroatoms. The lowest BCUT2D eigenvalue weighted by molar-refractivity contribution is 0.186. The molecule has 1 N–H and O–H groups in total. The predicted octanol–water partition coefficient (Wildman–Crippen LogP) is 1.58. The first-order valence-electron chi connectivity index (χ1n) is 7.76. The number of urea groups is 1. The third-order valence-electron chi connectivity index (χ3n) is 4.00. The van der Waals surface area contributed by atoms with E-state index < -0.39 is 9.84 Å². The highest BCUT2D eigenvalue weighted by atomic mass is 32.2. The van der Waals surface area contributed by atoms with Gasteiger partial charge in [-0.25, -0.2) is 13.2 Å². The Morgan fingerprint density at radius 3 is 2.39 bits per heavy atom. The van der Waals surface area contributed by atoms with Crippen molar-refractivity contribution in [1.29, 1.82) is 0 Å². The molecule has 1 atom stereocenters. The van der Waals surface area contributed by atoms with Gasteiger partial charge < -0.3 is 15.1 Å². The molecule has 1 aromatic rings. The van der Waals surface area contributed by atoms with Gasteiger partial charge in [0.05, 0.1) is 11.5 Å². The van der Waals surface area contributed by atoms with Crippen LogP contribution in [0.2, 0.25) is 0 Å². The van der Waals surface area contributed by atoms with Crippen LogP contribution in [0.4, 0.5) is 10.5 Å². The average Bonchev–Trinajstić information content (AvgIpc) is 2.81. The van der Waals surface area contributed by atoms with Crippen LogP contribution in [-0.4, -0.2) is 69.0 Å². The fourth-order valence-electron chi connectivity index (χ4n) is 2.61. The van der Waals surface area contributed by atoms with Crippen LogP contribution in [0.25, 0.3) is 0 Å². The Hall–Kier alpha value is -1.60. The van der Waals surface area contributed by atoms with Crippen molar-refractivity contribution in [3.63, 3.8) is 0 Å². The second-order valence-electron chi connectivity index (χ2n) is 6.35. The van der Waals surface area contributed by atoms with E-state index in [4.69, 9.17) is 0 Å². The number of aryl methyl sites for hydroxylation is 1. The molecule has 1 heterocycles. The Balaban J connectivity index is 2.09. The molecule has 1 aromatic carbocycles. The quantitative estimate of drug-likeness (QED) is 0.884. The number of anilines is 1. The van der Waals surface area contributed by atoms with Crippen molar-refractivity contribution in [2.24, 2.45) is 0 Å². The second kappa shape index (κ2) is 7.31. The number of likely N-dealkylation sites (N-methyl/N-ethyl adjacent to an activating group) is 1. The van der Waals surface area contributed by atoms with E-state index in [1.807, 2.05) is 50.2 Å². The summed E-state index contributed by atoms with van der Waals surface area (Å²) in [5.41, 5.74) is 1.84. The summed E-state index contributed by atoms with van der Waals surface area (Å²) in [5, 5.41) is 2.87. The van der Waals surface area contributed by atoms with E-state index in [-0.39, 0.29) is 23.6 Å². The van der Waals surface area contributed by atoms with E-state index in [2.05, 4.69) is 5.32 Å². The number of carbonyl (C=O) groups excluding carboxylic acids is 1. The maximum Gasteiger partial charge on any atom is 0.322 e. The molecule has 0 aromatic heterocycles. The van der Waals surface area contributed by atoms with Crippen LogP contribution in [0, 0.1) is 6.92 Å². The van der Waals surface area contributed by atoms with Gasteiger partial charge in [0, 0.05) is 24.8 Å². The summed E-state index contributed by atoms with van der Waals surface area (Å²) in [5.74, 6) is 0.218. The maximum absolute atomic E-state index is 12.6. The Morgan fingerprint density at radius 2 is 1.87 bits per heavy atom. The van der Waals surface area contributed by atoms with Crippen LogP contribution in [-0.2, 0) is 9.84 Å². The topological polar surface area (TPSA) is 69.7 Å². The lowest BCUT2D eigenvalue weighted by Crippen LogP contribution is -2.46. The zero-order valence-electron chi connectivity index (χ0n) is 13.9. The lowest BCUT2D eigenvalue weighted by Gasteiger charge is -2.29. The van der Waals surface area contributed by atoms with Gasteiger partial charge >= 0.3 is 6.03 Å². The second-order valence-corrected chi connectivity index (χ2v) is 8.58. The monoisotopic (exact) mass is 339 g/mol. The molecule has 0 unspecified atom stereocenters. The number of amides is 2. The SMILES string of the molecule is Cc1ccc(NC(=O)N(CCN(C)C)[C@H]2CCS(=O)(=O)C2)cc1. The standard InChI is InChI=1S/C16H25N3O3S/c1-13-4-6-14(7-5-13)17-16(20)19(10-9-18(2)3)15-8-11-23(21,22)12-15/h4-7,15H,8-12H2,1-3H3,(H,17,20)/t15-/m0/s1. The fourth-order valence-corrected chi connectivity index (χ4v) is 4.34. The number of carbonyl (C=O) groups is 1. The van der Waals surface area contributed by atoms with Gasteiger partial charge in [0.1, 0.15) is 0 Å². The van der Waals surface area contributed by atoms with E-state index in [9.17, 15) is 13.2 Å². The maximum atomic E-state index is 12.6. The highest BCUT2D eigenvalue weighted by Gasteiger charge is 2.34. The van der Waals surface area contributed by atoms with Crippen LogP contribution in [0.1, 0.15) is 12.0 Å². The number of hydrogen-bond acceptors (Lipinski definition) is 4. The molecule has 128 valence electrons. The first-order valence-corrected chi connectivity index (χ1v) is 9.58. The largest absolute Gasteiger partial charge is 0.322 e. The molecular weight excluding hydrogens is 314 g/mol. The zero-order chi connectivity index (χ0) is 17.0. The Kier molecular flexibility index (Phi) is 5.64. The zero-order valence-corrected chi connectivity index (χ0v) is 14.8. The highest BCUT2D eigenvalue weighted by Crippen LogP contribution is 2.19. The number of sulfone groups is 1. The van der Waals surface area contributed by atoms with Crippen molar-refractivity contribution in [3.05, 3.63) is 29.8 Å². The Labute approximate surface area is 138 Å². The third-order valence-corrected chi connectivity index (χ3v) is 5.75. The van der Waals surface area contributed by atoms with Gasteiger partial charge in [0.25, 0.3) is 0 Å². The number of rotatable bonds is 5. The van der Waals surface area contributed by atoms with Crippen molar-refractivity contribution in [3.8, 4) is 0 Å². The van der Waals surface area contributed by atoms with E-state index >= 15 is 0 Å². The number of nitrogens with zero attached hydrogens (tertiary/aromatic N) is 2. The summed E-state index contributed by atoms with van der Waals surface area (Å²) in [7, 11) is 0.838. The predicted molar refractivity (Wildman–Crippen MR) is 92.5 cm³/mol. The van der Waals surface area contributed by atoms with Crippen molar-refractivity contribution >= 4 is 21.6 Å². The minimum Gasteiger partial charge on any atom is -0.319 e. The number of hydrogen-bond donors (Lipinski definition) is 1. The van der Waals surface area contributed by atoms with Crippen LogP contribution in [0.5, 0.6) is 0 Å². The summed E-state index contributed by atoms with van der Waals surface area (Å²) >= 11 is 0. The molecule has 0 aliphatic carbocycles.